The molecular formula is C14H26N2O. The normalized spacial score (nSPS) is 25.1. The van der Waals surface area contributed by atoms with E-state index in [0.717, 1.165) is 12.8 Å². The second-order valence-electron chi connectivity index (χ2n) is 6.30. The van der Waals surface area contributed by atoms with Crippen molar-refractivity contribution in [2.24, 2.45) is 0 Å². The van der Waals surface area contributed by atoms with Crippen molar-refractivity contribution >= 4 is 5.91 Å². The lowest BCUT2D eigenvalue weighted by Crippen LogP contribution is -2.62. The minimum Gasteiger partial charge on any atom is -0.350 e. The molecule has 0 spiro atoms. The fourth-order valence-corrected chi connectivity index (χ4v) is 2.87. The van der Waals surface area contributed by atoms with Crippen LogP contribution in [0.3, 0.4) is 0 Å². The minimum atomic E-state index is 0.0219. The van der Waals surface area contributed by atoms with Crippen LogP contribution in [-0.2, 0) is 4.79 Å². The number of carbonyl (C=O) groups excluding carboxylic acids is 1. The second-order valence-corrected chi connectivity index (χ2v) is 6.30. The molecule has 3 heteroatoms. The first-order chi connectivity index (χ1) is 7.69. The molecule has 0 saturated carbocycles. The Morgan fingerprint density at radius 2 is 1.71 bits per heavy atom. The van der Waals surface area contributed by atoms with Gasteiger partial charge < -0.3 is 5.32 Å². The summed E-state index contributed by atoms with van der Waals surface area (Å²) >= 11 is 0. The average Bonchev–Trinajstić information content (AvgIpc) is 2.13. The molecular weight excluding hydrogens is 212 g/mol. The van der Waals surface area contributed by atoms with Crippen molar-refractivity contribution < 1.29 is 4.79 Å². The highest BCUT2D eigenvalue weighted by molar-refractivity contribution is 5.87. The lowest BCUT2D eigenvalue weighted by molar-refractivity contribution is -0.118. The molecule has 0 radical (unpaired) electrons. The van der Waals surface area contributed by atoms with Gasteiger partial charge in [-0.3, -0.25) is 9.69 Å². The summed E-state index contributed by atoms with van der Waals surface area (Å²) < 4.78 is 0. The van der Waals surface area contributed by atoms with E-state index in [4.69, 9.17) is 0 Å². The number of hydrogen-bond donors (Lipinski definition) is 1. The third kappa shape index (κ3) is 3.32. The number of piperidine rings is 1. The molecule has 1 N–H and O–H groups in total. The van der Waals surface area contributed by atoms with Crippen LogP contribution in [0.5, 0.6) is 0 Å². The zero-order chi connectivity index (χ0) is 13.3. The maximum Gasteiger partial charge on any atom is 0.243 e. The van der Waals surface area contributed by atoms with Crippen molar-refractivity contribution in [3.05, 3.63) is 12.2 Å². The van der Waals surface area contributed by atoms with Crippen molar-refractivity contribution in [1.29, 1.82) is 0 Å². The molecule has 1 saturated heterocycles. The molecule has 0 aliphatic carbocycles. The smallest absolute Gasteiger partial charge is 0.243 e. The van der Waals surface area contributed by atoms with Gasteiger partial charge >= 0.3 is 0 Å². The quantitative estimate of drug-likeness (QED) is 0.749. The molecule has 1 aliphatic rings. The summed E-state index contributed by atoms with van der Waals surface area (Å²) in [6.45, 7) is 10.8. The third-order valence-electron chi connectivity index (χ3n) is 3.97. The van der Waals surface area contributed by atoms with Gasteiger partial charge in [0.25, 0.3) is 0 Å². The lowest BCUT2D eigenvalue weighted by Gasteiger charge is -2.53. The SMILES string of the molecule is CC=CC(=O)NC1CC(C)(C)N(C)C(C)(C)C1. The number of nitrogens with zero attached hydrogens (tertiary/aromatic N) is 1. The van der Waals surface area contributed by atoms with Crippen molar-refractivity contribution in [2.75, 3.05) is 7.05 Å². The molecule has 1 heterocycles. The first-order valence-electron chi connectivity index (χ1n) is 6.36. The zero-order valence-electron chi connectivity index (χ0n) is 12.0. The Bertz CT molecular complexity index is 300. The molecule has 1 rings (SSSR count). The van der Waals surface area contributed by atoms with Crippen LogP contribution in [0.15, 0.2) is 12.2 Å². The van der Waals surface area contributed by atoms with Gasteiger partial charge in [0, 0.05) is 17.1 Å². The molecule has 0 bridgehead atoms. The fourth-order valence-electron chi connectivity index (χ4n) is 2.87. The first-order valence-corrected chi connectivity index (χ1v) is 6.36. The molecule has 1 fully saturated rings. The van der Waals surface area contributed by atoms with Gasteiger partial charge in [0.05, 0.1) is 0 Å². The van der Waals surface area contributed by atoms with Crippen LogP contribution in [0, 0.1) is 0 Å². The standard InChI is InChI=1S/C14H26N2O/c1-7-8-12(17)15-11-9-13(2,3)16(6)14(4,5)10-11/h7-8,11H,9-10H2,1-6H3,(H,15,17). The number of nitrogens with one attached hydrogen (secondary N) is 1. The second kappa shape index (κ2) is 4.81. The molecule has 0 aromatic carbocycles. The summed E-state index contributed by atoms with van der Waals surface area (Å²) in [5.41, 5.74) is 0.241. The highest BCUT2D eigenvalue weighted by Gasteiger charge is 2.43. The predicted octanol–water partition coefficient (Wildman–Crippen LogP) is 2.33. The molecule has 1 aliphatic heterocycles. The summed E-state index contributed by atoms with van der Waals surface area (Å²) in [5.74, 6) is 0.0219. The van der Waals surface area contributed by atoms with Crippen LogP contribution in [0.4, 0.5) is 0 Å². The van der Waals surface area contributed by atoms with Crippen LogP contribution in [0.2, 0.25) is 0 Å². The summed E-state index contributed by atoms with van der Waals surface area (Å²) in [4.78, 5) is 14.0. The van der Waals surface area contributed by atoms with E-state index in [2.05, 4.69) is 45.0 Å². The Morgan fingerprint density at radius 3 is 2.12 bits per heavy atom. The van der Waals surface area contributed by atoms with Crippen LogP contribution in [-0.4, -0.2) is 35.0 Å². The molecule has 98 valence electrons. The number of amides is 1. The van der Waals surface area contributed by atoms with E-state index >= 15 is 0 Å². The topological polar surface area (TPSA) is 32.3 Å². The van der Waals surface area contributed by atoms with Gasteiger partial charge in [0.1, 0.15) is 0 Å². The van der Waals surface area contributed by atoms with Crippen LogP contribution in [0.1, 0.15) is 47.5 Å². The van der Waals surface area contributed by atoms with E-state index in [0.29, 0.717) is 0 Å². The minimum absolute atomic E-state index is 0.0219. The summed E-state index contributed by atoms with van der Waals surface area (Å²) in [6.07, 6.45) is 5.37. The highest BCUT2D eigenvalue weighted by Crippen LogP contribution is 2.36. The Labute approximate surface area is 105 Å². The first kappa shape index (κ1) is 14.2. The fraction of sp³-hybridized carbons (Fsp3) is 0.786. The van der Waals surface area contributed by atoms with Crippen molar-refractivity contribution in [1.82, 2.24) is 10.2 Å². The van der Waals surface area contributed by atoms with Crippen molar-refractivity contribution in [3.63, 3.8) is 0 Å². The molecule has 0 aromatic rings. The van der Waals surface area contributed by atoms with Crippen LogP contribution < -0.4 is 5.32 Å². The molecule has 0 unspecified atom stereocenters. The summed E-state index contributed by atoms with van der Waals surface area (Å²) in [7, 11) is 2.17. The van der Waals surface area contributed by atoms with Gasteiger partial charge in [-0.2, -0.15) is 0 Å². The Hall–Kier alpha value is -0.830. The molecule has 1 amide bonds. The monoisotopic (exact) mass is 238 g/mol. The predicted molar refractivity (Wildman–Crippen MR) is 71.9 cm³/mol. The van der Waals surface area contributed by atoms with E-state index in [1.807, 2.05) is 6.92 Å². The van der Waals surface area contributed by atoms with Crippen molar-refractivity contribution in [3.8, 4) is 0 Å². The van der Waals surface area contributed by atoms with Crippen molar-refractivity contribution in [2.45, 2.75) is 64.6 Å². The molecule has 0 atom stereocenters. The van der Waals surface area contributed by atoms with E-state index < -0.39 is 0 Å². The largest absolute Gasteiger partial charge is 0.350 e. The molecule has 0 aromatic heterocycles. The van der Waals surface area contributed by atoms with E-state index in [9.17, 15) is 4.79 Å². The van der Waals surface area contributed by atoms with Gasteiger partial charge in [0.2, 0.25) is 5.91 Å². The molecule has 17 heavy (non-hydrogen) atoms. The Morgan fingerprint density at radius 1 is 1.24 bits per heavy atom. The van der Waals surface area contributed by atoms with Gasteiger partial charge in [-0.1, -0.05) is 6.08 Å². The average molecular weight is 238 g/mol. The zero-order valence-corrected chi connectivity index (χ0v) is 12.0. The maximum atomic E-state index is 11.6. The third-order valence-corrected chi connectivity index (χ3v) is 3.97. The van der Waals surface area contributed by atoms with Crippen LogP contribution in [0.25, 0.3) is 0 Å². The summed E-state index contributed by atoms with van der Waals surface area (Å²) in [6, 6.07) is 0.264. The molecule has 3 nitrogen and oxygen atoms in total. The number of rotatable bonds is 2. The van der Waals surface area contributed by atoms with E-state index in [1.165, 1.54) is 0 Å². The lowest BCUT2D eigenvalue weighted by atomic mass is 9.77. The highest BCUT2D eigenvalue weighted by atomic mass is 16.1. The van der Waals surface area contributed by atoms with Crippen LogP contribution >= 0.6 is 0 Å². The Balaban J connectivity index is 2.75. The number of likely N-dealkylation sites (tertiary alicyclic amines) is 1. The number of carbonyl (C=O) groups is 1. The van der Waals surface area contributed by atoms with E-state index in [1.54, 1.807) is 12.2 Å². The summed E-state index contributed by atoms with van der Waals surface area (Å²) in [5, 5.41) is 3.10. The maximum absolute atomic E-state index is 11.6. The number of allylic oxidation sites excluding steroid dienone is 1. The van der Waals surface area contributed by atoms with Gasteiger partial charge in [-0.15, -0.1) is 0 Å². The van der Waals surface area contributed by atoms with Gasteiger partial charge in [-0.05, 0) is 60.6 Å². The number of hydrogen-bond acceptors (Lipinski definition) is 2. The Kier molecular flexibility index (Phi) is 4.03. The van der Waals surface area contributed by atoms with Gasteiger partial charge in [0.15, 0.2) is 0 Å². The van der Waals surface area contributed by atoms with Gasteiger partial charge in [-0.25, -0.2) is 0 Å². The van der Waals surface area contributed by atoms with E-state index in [-0.39, 0.29) is 23.0 Å².